The number of carbonyl (C=O) groups excluding carboxylic acids is 1. The minimum atomic E-state index is -0.639. The van der Waals surface area contributed by atoms with Crippen molar-refractivity contribution in [3.05, 3.63) is 40.1 Å². The van der Waals surface area contributed by atoms with Gasteiger partial charge in [-0.3, -0.25) is 10.1 Å². The monoisotopic (exact) mass is 265 g/mol. The second-order valence-corrected chi connectivity index (χ2v) is 4.10. The molecule has 0 bridgehead atoms. The highest BCUT2D eigenvalue weighted by Gasteiger charge is 2.21. The Labute approximate surface area is 110 Å². The van der Waals surface area contributed by atoms with Crippen molar-refractivity contribution < 1.29 is 14.5 Å². The lowest BCUT2D eigenvalue weighted by Crippen LogP contribution is -2.22. The highest BCUT2D eigenvalue weighted by Crippen LogP contribution is 2.25. The van der Waals surface area contributed by atoms with Crippen molar-refractivity contribution in [3.8, 4) is 0 Å². The number of aromatic nitrogens is 1. The Morgan fingerprint density at radius 2 is 2.21 bits per heavy atom. The molecule has 1 rings (SSSR count). The van der Waals surface area contributed by atoms with Gasteiger partial charge in [-0.1, -0.05) is 12.2 Å². The van der Waals surface area contributed by atoms with Crippen molar-refractivity contribution in [1.29, 1.82) is 0 Å². The van der Waals surface area contributed by atoms with E-state index in [0.29, 0.717) is 6.54 Å². The molecule has 1 heterocycles. The number of hydrogen-bond acceptors (Lipinski definition) is 6. The summed E-state index contributed by atoms with van der Waals surface area (Å²) in [5.74, 6) is -0.532. The van der Waals surface area contributed by atoms with Crippen LogP contribution in [0.25, 0.3) is 0 Å². The van der Waals surface area contributed by atoms with Gasteiger partial charge in [-0.25, -0.2) is 9.78 Å². The van der Waals surface area contributed by atoms with E-state index in [-0.39, 0.29) is 17.2 Å². The summed E-state index contributed by atoms with van der Waals surface area (Å²) in [5.41, 5.74) is 0.676. The standard InChI is InChI=1S/C12H15N3O4/c1-8(2)7-14(3)11-10(15(17)18)6-5-9(13-11)12(16)19-4/h5-6H,1,7H2,2-4H3. The van der Waals surface area contributed by atoms with Crippen molar-refractivity contribution in [1.82, 2.24) is 4.98 Å². The number of nitrogens with zero attached hydrogens (tertiary/aromatic N) is 3. The molecule has 7 heteroatoms. The molecule has 0 N–H and O–H groups in total. The van der Waals surface area contributed by atoms with Crippen molar-refractivity contribution >= 4 is 17.5 Å². The molecule has 7 nitrogen and oxygen atoms in total. The van der Waals surface area contributed by atoms with E-state index in [9.17, 15) is 14.9 Å². The minimum absolute atomic E-state index is 0.0247. The van der Waals surface area contributed by atoms with Gasteiger partial charge in [-0.15, -0.1) is 0 Å². The molecule has 0 aliphatic carbocycles. The summed E-state index contributed by atoms with van der Waals surface area (Å²) in [7, 11) is 2.87. The number of likely N-dealkylation sites (N-methyl/N-ethyl adjacent to an activating group) is 1. The van der Waals surface area contributed by atoms with E-state index in [2.05, 4.69) is 16.3 Å². The van der Waals surface area contributed by atoms with E-state index in [1.807, 2.05) is 0 Å². The molecule has 1 aromatic rings. The molecule has 0 atom stereocenters. The Kier molecular flexibility index (Phi) is 4.57. The molecule has 0 amide bonds. The highest BCUT2D eigenvalue weighted by molar-refractivity contribution is 5.88. The third-order valence-electron chi connectivity index (χ3n) is 2.31. The van der Waals surface area contributed by atoms with E-state index >= 15 is 0 Å². The SMILES string of the molecule is C=C(C)CN(C)c1nc(C(=O)OC)ccc1[N+](=O)[O-]. The highest BCUT2D eigenvalue weighted by atomic mass is 16.6. The van der Waals surface area contributed by atoms with Gasteiger partial charge in [0.15, 0.2) is 5.69 Å². The molecule has 0 unspecified atom stereocenters. The minimum Gasteiger partial charge on any atom is -0.464 e. The normalized spacial score (nSPS) is 9.84. The predicted molar refractivity (Wildman–Crippen MR) is 70.3 cm³/mol. The lowest BCUT2D eigenvalue weighted by atomic mass is 10.2. The fourth-order valence-corrected chi connectivity index (χ4v) is 1.56. The number of carbonyl (C=O) groups is 1. The van der Waals surface area contributed by atoms with Crippen molar-refractivity contribution in [2.75, 3.05) is 25.6 Å². The third kappa shape index (κ3) is 3.51. The third-order valence-corrected chi connectivity index (χ3v) is 2.31. The van der Waals surface area contributed by atoms with Crippen LogP contribution in [0.1, 0.15) is 17.4 Å². The number of rotatable bonds is 5. The van der Waals surface area contributed by atoms with Gasteiger partial charge < -0.3 is 9.64 Å². The Hall–Kier alpha value is -2.44. The van der Waals surface area contributed by atoms with Gasteiger partial charge in [0.2, 0.25) is 5.82 Å². The van der Waals surface area contributed by atoms with Crippen molar-refractivity contribution in [2.24, 2.45) is 0 Å². The van der Waals surface area contributed by atoms with Crippen LogP contribution in [0, 0.1) is 10.1 Å². The predicted octanol–water partition coefficient (Wildman–Crippen LogP) is 1.79. The average molecular weight is 265 g/mol. The van der Waals surface area contributed by atoms with Gasteiger partial charge in [-0.2, -0.15) is 0 Å². The summed E-state index contributed by atoms with van der Waals surface area (Å²) in [6, 6.07) is 2.51. The first kappa shape index (κ1) is 14.6. The Balaban J connectivity index is 3.26. The summed E-state index contributed by atoms with van der Waals surface area (Å²) in [6.07, 6.45) is 0. The average Bonchev–Trinajstić information content (AvgIpc) is 2.36. The zero-order valence-corrected chi connectivity index (χ0v) is 11.0. The first-order valence-electron chi connectivity index (χ1n) is 5.46. The van der Waals surface area contributed by atoms with E-state index in [0.717, 1.165) is 5.57 Å². The molecular formula is C12H15N3O4. The fourth-order valence-electron chi connectivity index (χ4n) is 1.56. The fraction of sp³-hybridized carbons (Fsp3) is 0.333. The maximum absolute atomic E-state index is 11.4. The van der Waals surface area contributed by atoms with Gasteiger partial charge in [0.05, 0.1) is 12.0 Å². The van der Waals surface area contributed by atoms with Gasteiger partial charge in [0.25, 0.3) is 0 Å². The molecule has 0 saturated carbocycles. The van der Waals surface area contributed by atoms with Crippen LogP contribution < -0.4 is 4.90 Å². The van der Waals surface area contributed by atoms with Gasteiger partial charge in [0.1, 0.15) is 0 Å². The second-order valence-electron chi connectivity index (χ2n) is 4.10. The van der Waals surface area contributed by atoms with E-state index in [4.69, 9.17) is 0 Å². The number of pyridine rings is 1. The number of hydrogen-bond donors (Lipinski definition) is 0. The summed E-state index contributed by atoms with van der Waals surface area (Å²) in [4.78, 5) is 27.4. The first-order valence-corrected chi connectivity index (χ1v) is 5.46. The number of nitro groups is 1. The molecule has 0 saturated heterocycles. The molecule has 0 spiro atoms. The number of esters is 1. The van der Waals surface area contributed by atoms with Crippen LogP contribution in [0.2, 0.25) is 0 Å². The molecule has 1 aromatic heterocycles. The second kappa shape index (κ2) is 5.94. The maximum Gasteiger partial charge on any atom is 0.356 e. The van der Waals surface area contributed by atoms with Crippen LogP contribution in [0.5, 0.6) is 0 Å². The number of anilines is 1. The van der Waals surface area contributed by atoms with E-state index in [1.165, 1.54) is 19.2 Å². The van der Waals surface area contributed by atoms with Crippen LogP contribution in [-0.2, 0) is 4.74 Å². The van der Waals surface area contributed by atoms with E-state index in [1.54, 1.807) is 18.9 Å². The largest absolute Gasteiger partial charge is 0.464 e. The Bertz CT molecular complexity index is 528. The van der Waals surface area contributed by atoms with Gasteiger partial charge >= 0.3 is 11.7 Å². The van der Waals surface area contributed by atoms with Crippen LogP contribution in [-0.4, -0.2) is 36.6 Å². The zero-order valence-electron chi connectivity index (χ0n) is 11.0. The van der Waals surface area contributed by atoms with Gasteiger partial charge in [-0.05, 0) is 13.0 Å². The lowest BCUT2D eigenvalue weighted by molar-refractivity contribution is -0.384. The molecule has 0 radical (unpaired) electrons. The molecule has 0 aliphatic rings. The zero-order chi connectivity index (χ0) is 14.6. The van der Waals surface area contributed by atoms with Crippen molar-refractivity contribution in [3.63, 3.8) is 0 Å². The number of methoxy groups -OCH3 is 1. The number of ether oxygens (including phenoxy) is 1. The first-order chi connectivity index (χ1) is 8.86. The molecular weight excluding hydrogens is 250 g/mol. The molecule has 0 fully saturated rings. The van der Waals surface area contributed by atoms with Crippen LogP contribution in [0.15, 0.2) is 24.3 Å². The topological polar surface area (TPSA) is 85.6 Å². The van der Waals surface area contributed by atoms with Crippen LogP contribution in [0.3, 0.4) is 0 Å². The quantitative estimate of drug-likeness (QED) is 0.349. The van der Waals surface area contributed by atoms with E-state index < -0.39 is 10.9 Å². The molecule has 0 aromatic carbocycles. The van der Waals surface area contributed by atoms with Crippen molar-refractivity contribution in [2.45, 2.75) is 6.92 Å². The summed E-state index contributed by atoms with van der Waals surface area (Å²) >= 11 is 0. The Morgan fingerprint density at radius 1 is 1.58 bits per heavy atom. The molecule has 102 valence electrons. The van der Waals surface area contributed by atoms with Crippen LogP contribution >= 0.6 is 0 Å². The molecule has 0 aliphatic heterocycles. The summed E-state index contributed by atoms with van der Waals surface area (Å²) < 4.78 is 4.55. The molecule has 19 heavy (non-hydrogen) atoms. The summed E-state index contributed by atoms with van der Waals surface area (Å²) in [5, 5.41) is 11.0. The maximum atomic E-state index is 11.4. The van der Waals surface area contributed by atoms with Gasteiger partial charge in [0, 0.05) is 19.7 Å². The summed E-state index contributed by atoms with van der Waals surface area (Å²) in [6.45, 7) is 5.94. The van der Waals surface area contributed by atoms with Crippen LogP contribution in [0.4, 0.5) is 11.5 Å². The Morgan fingerprint density at radius 3 is 2.68 bits per heavy atom. The smallest absolute Gasteiger partial charge is 0.356 e. The lowest BCUT2D eigenvalue weighted by Gasteiger charge is -2.18.